The quantitative estimate of drug-likeness (QED) is 0.781. The van der Waals surface area contributed by atoms with Gasteiger partial charge in [0.2, 0.25) is 5.95 Å². The van der Waals surface area contributed by atoms with Gasteiger partial charge in [-0.15, -0.1) is 0 Å². The van der Waals surface area contributed by atoms with E-state index in [1.54, 1.807) is 0 Å². The largest absolute Gasteiger partial charge is 0.346 e. The molecule has 2 aromatic carbocycles. The van der Waals surface area contributed by atoms with Crippen molar-refractivity contribution in [3.05, 3.63) is 70.3 Å². The molecule has 0 bridgehead atoms. The van der Waals surface area contributed by atoms with Crippen molar-refractivity contribution in [1.29, 1.82) is 0 Å². The van der Waals surface area contributed by atoms with E-state index in [0.29, 0.717) is 0 Å². The van der Waals surface area contributed by atoms with Gasteiger partial charge in [-0.3, -0.25) is 0 Å². The predicted molar refractivity (Wildman–Crippen MR) is 94.0 cm³/mol. The first-order valence-corrected chi connectivity index (χ1v) is 8.30. The van der Waals surface area contributed by atoms with E-state index in [9.17, 15) is 0 Å². The monoisotopic (exact) mass is 319 g/mol. The number of rotatable bonds is 2. The maximum Gasteiger partial charge on any atom is 0.243 e. The van der Waals surface area contributed by atoms with Gasteiger partial charge in [-0.25, -0.2) is 4.68 Å². The second-order valence-corrected chi connectivity index (χ2v) is 6.65. The van der Waals surface area contributed by atoms with E-state index in [2.05, 4.69) is 84.1 Å². The SMILES string of the molecule is Cc1ccc([C@@H]2C[C@@H](c3ccc(C)c(C)c3)Nc3nnnn32)cc1. The zero-order valence-electron chi connectivity index (χ0n) is 14.2. The summed E-state index contributed by atoms with van der Waals surface area (Å²) in [5, 5.41) is 15.7. The molecule has 2 heterocycles. The van der Waals surface area contributed by atoms with E-state index in [1.807, 2.05) is 4.68 Å². The number of hydrogen-bond donors (Lipinski definition) is 1. The van der Waals surface area contributed by atoms with Crippen LogP contribution < -0.4 is 5.32 Å². The van der Waals surface area contributed by atoms with Gasteiger partial charge in [0.25, 0.3) is 0 Å². The molecule has 1 aliphatic heterocycles. The smallest absolute Gasteiger partial charge is 0.243 e. The zero-order valence-corrected chi connectivity index (χ0v) is 14.2. The van der Waals surface area contributed by atoms with Crippen LogP contribution >= 0.6 is 0 Å². The summed E-state index contributed by atoms with van der Waals surface area (Å²) in [6.45, 7) is 6.40. The Hall–Kier alpha value is -2.69. The standard InChI is InChI=1S/C19H21N5/c1-12-4-7-15(8-5-12)18-11-17(20-19-21-22-23-24(18)19)16-9-6-13(2)14(3)10-16/h4-10,17-18H,11H2,1-3H3,(H,20,21,23)/t17-,18-/m0/s1. The van der Waals surface area contributed by atoms with Crippen LogP contribution in [-0.4, -0.2) is 20.2 Å². The molecule has 122 valence electrons. The van der Waals surface area contributed by atoms with E-state index in [-0.39, 0.29) is 12.1 Å². The molecular formula is C19H21N5. The van der Waals surface area contributed by atoms with Crippen molar-refractivity contribution in [1.82, 2.24) is 20.2 Å². The van der Waals surface area contributed by atoms with Crippen molar-refractivity contribution in [2.45, 2.75) is 39.3 Å². The summed E-state index contributed by atoms with van der Waals surface area (Å²) in [7, 11) is 0. The van der Waals surface area contributed by atoms with Gasteiger partial charge in [-0.1, -0.05) is 53.1 Å². The maximum absolute atomic E-state index is 4.19. The summed E-state index contributed by atoms with van der Waals surface area (Å²) < 4.78 is 1.89. The third-order valence-corrected chi connectivity index (χ3v) is 4.95. The van der Waals surface area contributed by atoms with Crippen molar-refractivity contribution in [3.63, 3.8) is 0 Å². The van der Waals surface area contributed by atoms with Gasteiger partial charge in [0.05, 0.1) is 12.1 Å². The molecule has 1 N–H and O–H groups in total. The number of aromatic nitrogens is 4. The third-order valence-electron chi connectivity index (χ3n) is 4.95. The molecular weight excluding hydrogens is 298 g/mol. The van der Waals surface area contributed by atoms with Crippen molar-refractivity contribution in [2.24, 2.45) is 0 Å². The zero-order chi connectivity index (χ0) is 16.7. The average molecular weight is 319 g/mol. The summed E-state index contributed by atoms with van der Waals surface area (Å²) in [6, 6.07) is 15.6. The number of fused-ring (bicyclic) bond motifs is 1. The fraction of sp³-hybridized carbons (Fsp3) is 0.316. The lowest BCUT2D eigenvalue weighted by Gasteiger charge is -2.31. The molecule has 5 nitrogen and oxygen atoms in total. The molecule has 24 heavy (non-hydrogen) atoms. The Labute approximate surface area is 141 Å². The number of hydrogen-bond acceptors (Lipinski definition) is 4. The highest BCUT2D eigenvalue weighted by Crippen LogP contribution is 2.37. The first kappa shape index (κ1) is 14.9. The van der Waals surface area contributed by atoms with E-state index in [0.717, 1.165) is 12.4 Å². The Bertz CT molecular complexity index is 866. The van der Waals surface area contributed by atoms with Gasteiger partial charge in [-0.2, -0.15) is 0 Å². The Morgan fingerprint density at radius 1 is 0.958 bits per heavy atom. The van der Waals surface area contributed by atoms with Gasteiger partial charge >= 0.3 is 0 Å². The maximum atomic E-state index is 4.19. The summed E-state index contributed by atoms with van der Waals surface area (Å²) in [6.07, 6.45) is 0.920. The second-order valence-electron chi connectivity index (χ2n) is 6.65. The topological polar surface area (TPSA) is 55.6 Å². The molecule has 0 saturated heterocycles. The minimum Gasteiger partial charge on any atom is -0.346 e. The fourth-order valence-electron chi connectivity index (χ4n) is 3.30. The molecule has 1 aliphatic rings. The number of nitrogens with one attached hydrogen (secondary N) is 1. The van der Waals surface area contributed by atoms with Crippen LogP contribution in [0, 0.1) is 20.8 Å². The number of benzene rings is 2. The molecule has 0 saturated carbocycles. The predicted octanol–water partition coefficient (Wildman–Crippen LogP) is 3.74. The molecule has 0 unspecified atom stereocenters. The lowest BCUT2D eigenvalue weighted by Crippen LogP contribution is -2.28. The number of aryl methyl sites for hydroxylation is 3. The van der Waals surface area contributed by atoms with Crippen molar-refractivity contribution in [3.8, 4) is 0 Å². The molecule has 2 atom stereocenters. The third kappa shape index (κ3) is 2.56. The lowest BCUT2D eigenvalue weighted by molar-refractivity contribution is 0.423. The summed E-state index contributed by atoms with van der Waals surface area (Å²) in [5.74, 6) is 0.732. The van der Waals surface area contributed by atoms with E-state index in [1.165, 1.54) is 27.8 Å². The minimum absolute atomic E-state index is 0.142. The fourth-order valence-corrected chi connectivity index (χ4v) is 3.30. The Balaban J connectivity index is 1.72. The van der Waals surface area contributed by atoms with Gasteiger partial charge in [-0.05, 0) is 59.9 Å². The van der Waals surface area contributed by atoms with Crippen molar-refractivity contribution < 1.29 is 0 Å². The molecule has 4 rings (SSSR count). The van der Waals surface area contributed by atoms with Crippen molar-refractivity contribution >= 4 is 5.95 Å². The van der Waals surface area contributed by atoms with Gasteiger partial charge < -0.3 is 5.32 Å². The molecule has 0 aliphatic carbocycles. The second kappa shape index (κ2) is 5.74. The van der Waals surface area contributed by atoms with E-state index < -0.39 is 0 Å². The Morgan fingerprint density at radius 2 is 1.71 bits per heavy atom. The average Bonchev–Trinajstić information content (AvgIpc) is 3.06. The van der Waals surface area contributed by atoms with Crippen LogP contribution in [0.5, 0.6) is 0 Å². The highest BCUT2D eigenvalue weighted by atomic mass is 15.6. The highest BCUT2D eigenvalue weighted by molar-refractivity contribution is 5.40. The minimum atomic E-state index is 0.142. The lowest BCUT2D eigenvalue weighted by atomic mass is 9.91. The number of anilines is 1. The summed E-state index contributed by atoms with van der Waals surface area (Å²) in [4.78, 5) is 0. The molecule has 3 aromatic rings. The molecule has 5 heteroatoms. The van der Waals surface area contributed by atoms with E-state index >= 15 is 0 Å². The van der Waals surface area contributed by atoms with Crippen LogP contribution in [0.25, 0.3) is 0 Å². The number of nitrogens with zero attached hydrogens (tertiary/aromatic N) is 4. The van der Waals surface area contributed by atoms with Crippen LogP contribution in [0.15, 0.2) is 42.5 Å². The molecule has 0 fully saturated rings. The van der Waals surface area contributed by atoms with Crippen LogP contribution in [0.3, 0.4) is 0 Å². The Kier molecular flexibility index (Phi) is 3.56. The normalized spacial score (nSPS) is 19.6. The van der Waals surface area contributed by atoms with Gasteiger partial charge in [0, 0.05) is 0 Å². The van der Waals surface area contributed by atoms with Gasteiger partial charge in [0.1, 0.15) is 0 Å². The summed E-state index contributed by atoms with van der Waals surface area (Å²) >= 11 is 0. The van der Waals surface area contributed by atoms with Gasteiger partial charge in [0.15, 0.2) is 0 Å². The number of tetrazole rings is 1. The first-order valence-electron chi connectivity index (χ1n) is 8.30. The summed E-state index contributed by atoms with van der Waals surface area (Å²) in [5.41, 5.74) is 6.41. The first-order chi connectivity index (χ1) is 11.6. The van der Waals surface area contributed by atoms with Crippen LogP contribution in [0.1, 0.15) is 46.3 Å². The van der Waals surface area contributed by atoms with Crippen LogP contribution in [0.2, 0.25) is 0 Å². The Morgan fingerprint density at radius 3 is 2.46 bits per heavy atom. The highest BCUT2D eigenvalue weighted by Gasteiger charge is 2.30. The molecule has 1 aromatic heterocycles. The van der Waals surface area contributed by atoms with E-state index in [4.69, 9.17) is 0 Å². The molecule has 0 spiro atoms. The van der Waals surface area contributed by atoms with Crippen molar-refractivity contribution in [2.75, 3.05) is 5.32 Å². The van der Waals surface area contributed by atoms with Crippen LogP contribution in [-0.2, 0) is 0 Å². The molecule has 0 amide bonds. The van der Waals surface area contributed by atoms with Crippen LogP contribution in [0.4, 0.5) is 5.95 Å². The molecule has 0 radical (unpaired) electrons.